The molecule has 100 valence electrons. The van der Waals surface area contributed by atoms with E-state index < -0.39 is 0 Å². The Labute approximate surface area is 117 Å². The number of rotatable bonds is 5. The summed E-state index contributed by atoms with van der Waals surface area (Å²) in [6, 6.07) is 10.4. The van der Waals surface area contributed by atoms with Gasteiger partial charge in [0, 0.05) is 6.54 Å². The molecule has 0 amide bonds. The van der Waals surface area contributed by atoms with Crippen LogP contribution in [0.15, 0.2) is 30.3 Å². The summed E-state index contributed by atoms with van der Waals surface area (Å²) in [6.07, 6.45) is 0. The van der Waals surface area contributed by atoms with E-state index in [1.165, 1.54) is 17.1 Å². The van der Waals surface area contributed by atoms with Crippen molar-refractivity contribution >= 4 is 22.3 Å². The second kappa shape index (κ2) is 5.97. The molecule has 19 heavy (non-hydrogen) atoms. The molecule has 0 saturated heterocycles. The van der Waals surface area contributed by atoms with Crippen LogP contribution in [0.2, 0.25) is 0 Å². The lowest BCUT2D eigenvalue weighted by atomic mass is 10.0. The van der Waals surface area contributed by atoms with Gasteiger partial charge in [0.05, 0.1) is 11.3 Å². The van der Waals surface area contributed by atoms with Crippen molar-refractivity contribution in [1.82, 2.24) is 4.37 Å². The highest BCUT2D eigenvalue weighted by Gasteiger charge is 2.15. The Kier molecular flexibility index (Phi) is 4.32. The van der Waals surface area contributed by atoms with Gasteiger partial charge in [-0.3, -0.25) is 4.79 Å². The Bertz CT molecular complexity index is 563. The van der Waals surface area contributed by atoms with E-state index in [1.54, 1.807) is 6.92 Å². The number of Topliss-reactive ketones (excluding diaryl/α,β-unsaturated/α-hetero) is 1. The Balaban J connectivity index is 2.05. The number of nitrogens with one attached hydrogen (secondary N) is 1. The monoisotopic (exact) mass is 274 g/mol. The van der Waals surface area contributed by atoms with Crippen molar-refractivity contribution in [3.05, 3.63) is 47.2 Å². The van der Waals surface area contributed by atoms with Gasteiger partial charge in [0.1, 0.15) is 5.00 Å². The molecule has 0 aliphatic rings. The summed E-state index contributed by atoms with van der Waals surface area (Å²) in [5, 5.41) is 4.23. The number of hydrogen-bond donors (Lipinski definition) is 1. The molecule has 0 spiro atoms. The molecule has 0 radical (unpaired) electrons. The van der Waals surface area contributed by atoms with E-state index in [0.717, 1.165) is 22.8 Å². The van der Waals surface area contributed by atoms with Crippen LogP contribution in [0.4, 0.5) is 5.00 Å². The van der Waals surface area contributed by atoms with Gasteiger partial charge in [-0.2, -0.15) is 4.37 Å². The highest BCUT2D eigenvalue weighted by atomic mass is 32.1. The van der Waals surface area contributed by atoms with Crippen LogP contribution in [0.25, 0.3) is 0 Å². The molecule has 0 bridgehead atoms. The molecule has 2 rings (SSSR count). The molecule has 2 aromatic rings. The Hall–Kier alpha value is -1.68. The Morgan fingerprint density at radius 1 is 1.37 bits per heavy atom. The van der Waals surface area contributed by atoms with Crippen LogP contribution in [0.1, 0.15) is 41.4 Å². The van der Waals surface area contributed by atoms with E-state index in [1.807, 2.05) is 25.1 Å². The van der Waals surface area contributed by atoms with Gasteiger partial charge in [-0.25, -0.2) is 0 Å². The van der Waals surface area contributed by atoms with Crippen LogP contribution in [-0.2, 0) is 0 Å². The number of benzene rings is 1. The quantitative estimate of drug-likeness (QED) is 0.842. The third kappa shape index (κ3) is 3.20. The number of carbonyl (C=O) groups is 1. The van der Waals surface area contributed by atoms with E-state index in [9.17, 15) is 4.79 Å². The maximum atomic E-state index is 11.6. The second-order valence-electron chi connectivity index (χ2n) is 4.72. The first-order valence-corrected chi connectivity index (χ1v) is 7.13. The van der Waals surface area contributed by atoms with Gasteiger partial charge in [0.15, 0.2) is 5.78 Å². The lowest BCUT2D eigenvalue weighted by molar-refractivity contribution is 0.101. The second-order valence-corrected chi connectivity index (χ2v) is 5.49. The molecule has 1 atom stereocenters. The minimum absolute atomic E-state index is 0.0705. The molecule has 3 nitrogen and oxygen atoms in total. The van der Waals surface area contributed by atoms with Crippen molar-refractivity contribution in [3.63, 3.8) is 0 Å². The van der Waals surface area contributed by atoms with Crippen LogP contribution in [0.5, 0.6) is 0 Å². The molecule has 1 aromatic carbocycles. The largest absolute Gasteiger partial charge is 0.374 e. The minimum Gasteiger partial charge on any atom is -0.374 e. The van der Waals surface area contributed by atoms with Crippen LogP contribution in [-0.4, -0.2) is 16.7 Å². The molecule has 0 saturated carbocycles. The van der Waals surface area contributed by atoms with E-state index >= 15 is 0 Å². The fourth-order valence-corrected chi connectivity index (χ4v) is 2.90. The first-order chi connectivity index (χ1) is 9.09. The fraction of sp³-hybridized carbons (Fsp3) is 0.333. The third-order valence-corrected chi connectivity index (χ3v) is 4.05. The zero-order valence-electron chi connectivity index (χ0n) is 11.4. The lowest BCUT2D eigenvalue weighted by Crippen LogP contribution is -2.11. The van der Waals surface area contributed by atoms with E-state index in [0.29, 0.717) is 5.92 Å². The molecule has 1 N–H and O–H groups in total. The van der Waals surface area contributed by atoms with Gasteiger partial charge in [-0.05, 0) is 36.9 Å². The maximum Gasteiger partial charge on any atom is 0.164 e. The van der Waals surface area contributed by atoms with Crippen molar-refractivity contribution in [2.45, 2.75) is 26.7 Å². The Morgan fingerprint density at radius 2 is 2.05 bits per heavy atom. The number of aryl methyl sites for hydroxylation is 1. The van der Waals surface area contributed by atoms with Crippen LogP contribution in [0.3, 0.4) is 0 Å². The number of hydrogen-bond acceptors (Lipinski definition) is 4. The number of anilines is 1. The molecule has 1 aromatic heterocycles. The molecule has 0 aliphatic carbocycles. The summed E-state index contributed by atoms with van der Waals surface area (Å²) < 4.78 is 4.25. The van der Waals surface area contributed by atoms with E-state index in [2.05, 4.69) is 28.7 Å². The molecule has 4 heteroatoms. The zero-order valence-corrected chi connectivity index (χ0v) is 12.3. The standard InChI is InChI=1S/C15H18N2OS/c1-10(13-7-5-4-6-8-13)9-16-15-14(12(3)18)11(2)17-19-15/h4-8,10,16H,9H2,1-3H3. The van der Waals surface area contributed by atoms with Crippen molar-refractivity contribution in [2.75, 3.05) is 11.9 Å². The topological polar surface area (TPSA) is 42.0 Å². The van der Waals surface area contributed by atoms with E-state index in [4.69, 9.17) is 0 Å². The predicted octanol–water partition coefficient (Wildman–Crippen LogP) is 3.87. The average Bonchev–Trinajstić information content (AvgIpc) is 2.78. The molecule has 1 heterocycles. The van der Waals surface area contributed by atoms with Crippen molar-refractivity contribution in [2.24, 2.45) is 0 Å². The molecular formula is C15H18N2OS. The minimum atomic E-state index is 0.0705. The summed E-state index contributed by atoms with van der Waals surface area (Å²) in [4.78, 5) is 11.6. The molecular weight excluding hydrogens is 256 g/mol. The molecule has 0 aliphatic heterocycles. The summed E-state index contributed by atoms with van der Waals surface area (Å²) >= 11 is 1.36. The summed E-state index contributed by atoms with van der Waals surface area (Å²) in [5.41, 5.74) is 2.83. The number of aromatic nitrogens is 1. The highest BCUT2D eigenvalue weighted by Crippen LogP contribution is 2.26. The summed E-state index contributed by atoms with van der Waals surface area (Å²) in [5.74, 6) is 0.463. The van der Waals surface area contributed by atoms with Crippen molar-refractivity contribution in [1.29, 1.82) is 0 Å². The van der Waals surface area contributed by atoms with E-state index in [-0.39, 0.29) is 5.78 Å². The maximum absolute atomic E-state index is 11.6. The van der Waals surface area contributed by atoms with Crippen LogP contribution < -0.4 is 5.32 Å². The zero-order chi connectivity index (χ0) is 13.8. The smallest absolute Gasteiger partial charge is 0.164 e. The van der Waals surface area contributed by atoms with Gasteiger partial charge in [0.25, 0.3) is 0 Å². The number of carbonyl (C=O) groups excluding carboxylic acids is 1. The van der Waals surface area contributed by atoms with Crippen LogP contribution in [0, 0.1) is 6.92 Å². The van der Waals surface area contributed by atoms with Crippen LogP contribution >= 0.6 is 11.5 Å². The first kappa shape index (κ1) is 13.7. The predicted molar refractivity (Wildman–Crippen MR) is 80.2 cm³/mol. The molecule has 0 fully saturated rings. The van der Waals surface area contributed by atoms with Gasteiger partial charge >= 0.3 is 0 Å². The summed E-state index contributed by atoms with van der Waals surface area (Å²) in [6.45, 7) is 6.43. The van der Waals surface area contributed by atoms with Gasteiger partial charge in [-0.15, -0.1) is 0 Å². The van der Waals surface area contributed by atoms with Crippen molar-refractivity contribution in [3.8, 4) is 0 Å². The molecule has 1 unspecified atom stereocenters. The SMILES string of the molecule is CC(=O)c1c(C)nsc1NCC(C)c1ccccc1. The lowest BCUT2D eigenvalue weighted by Gasteiger charge is -2.13. The Morgan fingerprint density at radius 3 is 2.68 bits per heavy atom. The van der Waals surface area contributed by atoms with Gasteiger partial charge < -0.3 is 5.32 Å². The number of ketones is 1. The summed E-state index contributed by atoms with van der Waals surface area (Å²) in [7, 11) is 0. The fourth-order valence-electron chi connectivity index (χ4n) is 2.05. The first-order valence-electron chi connectivity index (χ1n) is 6.35. The normalized spacial score (nSPS) is 12.2. The average molecular weight is 274 g/mol. The van der Waals surface area contributed by atoms with Gasteiger partial charge in [-0.1, -0.05) is 37.3 Å². The van der Waals surface area contributed by atoms with Crippen molar-refractivity contribution < 1.29 is 4.79 Å². The highest BCUT2D eigenvalue weighted by molar-refractivity contribution is 7.10. The third-order valence-electron chi connectivity index (χ3n) is 3.15. The number of nitrogens with zero attached hydrogens (tertiary/aromatic N) is 1. The van der Waals surface area contributed by atoms with Gasteiger partial charge in [0.2, 0.25) is 0 Å².